The third-order valence-electron chi connectivity index (χ3n) is 3.37. The van der Waals surface area contributed by atoms with Crippen LogP contribution in [-0.4, -0.2) is 15.7 Å². The molecule has 3 aromatic rings. The van der Waals surface area contributed by atoms with Crippen molar-refractivity contribution in [2.45, 2.75) is 6.18 Å². The molecular formula is C16H11F3N2O2. The molecule has 1 aromatic heterocycles. The predicted octanol–water partition coefficient (Wildman–Crippen LogP) is 4.45. The summed E-state index contributed by atoms with van der Waals surface area (Å²) in [6, 6.07) is 11.8. The van der Waals surface area contributed by atoms with E-state index in [1.54, 1.807) is 24.3 Å². The first kappa shape index (κ1) is 15.0. The molecule has 0 bridgehead atoms. The smallest absolute Gasteiger partial charge is 0.418 e. The van der Waals surface area contributed by atoms with Crippen molar-refractivity contribution < 1.29 is 23.1 Å². The van der Waals surface area contributed by atoms with Gasteiger partial charge in [-0.05, 0) is 18.2 Å². The van der Waals surface area contributed by atoms with Crippen LogP contribution in [0.5, 0.6) is 5.88 Å². The molecule has 0 aliphatic heterocycles. The number of fused-ring (bicyclic) bond motifs is 1. The van der Waals surface area contributed by atoms with Crippen LogP contribution in [0.4, 0.5) is 23.7 Å². The largest absolute Gasteiger partial charge is 0.494 e. The van der Waals surface area contributed by atoms with Crippen molar-refractivity contribution in [1.29, 1.82) is 0 Å². The van der Waals surface area contributed by atoms with Crippen LogP contribution >= 0.6 is 0 Å². The molecule has 3 rings (SSSR count). The highest BCUT2D eigenvalue weighted by Crippen LogP contribution is 2.35. The van der Waals surface area contributed by atoms with E-state index in [0.29, 0.717) is 10.9 Å². The number of nitrogens with zero attached hydrogens (tertiary/aromatic N) is 1. The normalized spacial score (nSPS) is 11.6. The summed E-state index contributed by atoms with van der Waals surface area (Å²) in [5.41, 5.74) is -0.932. The zero-order chi connectivity index (χ0) is 16.6. The molecular weight excluding hydrogens is 309 g/mol. The second-order valence-electron chi connectivity index (χ2n) is 4.87. The minimum Gasteiger partial charge on any atom is -0.494 e. The van der Waals surface area contributed by atoms with E-state index in [9.17, 15) is 23.1 Å². The van der Waals surface area contributed by atoms with Gasteiger partial charge < -0.3 is 10.4 Å². The van der Waals surface area contributed by atoms with Crippen LogP contribution in [-0.2, 0) is 6.18 Å². The van der Waals surface area contributed by atoms with Gasteiger partial charge in [0.1, 0.15) is 0 Å². The Morgan fingerprint density at radius 1 is 1.04 bits per heavy atom. The zero-order valence-electron chi connectivity index (χ0n) is 11.6. The Morgan fingerprint density at radius 2 is 1.70 bits per heavy atom. The SMILES string of the molecule is O=C(Nc1ccccc1C(F)(F)F)n1c(O)cc2ccccc21. The number of hydrogen-bond donors (Lipinski definition) is 2. The van der Waals surface area contributed by atoms with E-state index >= 15 is 0 Å². The maximum Gasteiger partial charge on any atom is 0.418 e. The first-order valence-electron chi connectivity index (χ1n) is 6.65. The number of aromatic nitrogens is 1. The molecule has 0 unspecified atom stereocenters. The van der Waals surface area contributed by atoms with Gasteiger partial charge in [0, 0.05) is 11.5 Å². The number of halogens is 3. The number of nitrogens with one attached hydrogen (secondary N) is 1. The monoisotopic (exact) mass is 320 g/mol. The zero-order valence-corrected chi connectivity index (χ0v) is 11.6. The Bertz CT molecular complexity index is 884. The summed E-state index contributed by atoms with van der Waals surface area (Å²) < 4.78 is 39.8. The lowest BCUT2D eigenvalue weighted by molar-refractivity contribution is -0.136. The van der Waals surface area contributed by atoms with E-state index in [-0.39, 0.29) is 11.6 Å². The quantitative estimate of drug-likeness (QED) is 0.696. The predicted molar refractivity (Wildman–Crippen MR) is 79.5 cm³/mol. The fraction of sp³-hybridized carbons (Fsp3) is 0.0625. The van der Waals surface area contributed by atoms with Gasteiger partial charge in [-0.1, -0.05) is 30.3 Å². The summed E-state index contributed by atoms with van der Waals surface area (Å²) in [6.07, 6.45) is -4.59. The fourth-order valence-electron chi connectivity index (χ4n) is 2.36. The Balaban J connectivity index is 2.01. The molecule has 2 N–H and O–H groups in total. The number of hydrogen-bond acceptors (Lipinski definition) is 2. The van der Waals surface area contributed by atoms with Crippen LogP contribution in [0, 0.1) is 0 Å². The van der Waals surface area contributed by atoms with Crippen molar-refractivity contribution in [2.24, 2.45) is 0 Å². The molecule has 23 heavy (non-hydrogen) atoms. The van der Waals surface area contributed by atoms with Gasteiger partial charge in [-0.15, -0.1) is 0 Å². The molecule has 7 heteroatoms. The molecule has 0 saturated carbocycles. The minimum atomic E-state index is -4.59. The second-order valence-corrected chi connectivity index (χ2v) is 4.87. The lowest BCUT2D eigenvalue weighted by Gasteiger charge is -2.14. The highest BCUT2D eigenvalue weighted by atomic mass is 19.4. The summed E-state index contributed by atoms with van der Waals surface area (Å²) in [5.74, 6) is -0.354. The Labute approximate surface area is 128 Å². The van der Waals surface area contributed by atoms with Gasteiger partial charge in [-0.25, -0.2) is 9.36 Å². The second kappa shape index (κ2) is 5.35. The van der Waals surface area contributed by atoms with Crippen LogP contribution in [0.2, 0.25) is 0 Å². The number of aromatic hydroxyl groups is 1. The molecule has 2 aromatic carbocycles. The Hall–Kier alpha value is -2.96. The minimum absolute atomic E-state index is 0.354. The summed E-state index contributed by atoms with van der Waals surface area (Å²) >= 11 is 0. The van der Waals surface area contributed by atoms with Gasteiger partial charge in [-0.3, -0.25) is 0 Å². The van der Waals surface area contributed by atoms with Gasteiger partial charge in [0.05, 0.1) is 16.8 Å². The maximum atomic E-state index is 13.0. The molecule has 0 spiro atoms. The molecule has 0 saturated heterocycles. The highest BCUT2D eigenvalue weighted by molar-refractivity contribution is 6.00. The van der Waals surface area contributed by atoms with E-state index in [2.05, 4.69) is 5.32 Å². The average molecular weight is 320 g/mol. The Kier molecular flexibility index (Phi) is 3.48. The van der Waals surface area contributed by atoms with E-state index in [0.717, 1.165) is 16.7 Å². The number of anilines is 1. The average Bonchev–Trinajstić information content (AvgIpc) is 2.82. The molecule has 1 heterocycles. The summed E-state index contributed by atoms with van der Waals surface area (Å²) in [4.78, 5) is 12.3. The molecule has 4 nitrogen and oxygen atoms in total. The fourth-order valence-corrected chi connectivity index (χ4v) is 2.36. The number of carbonyl (C=O) groups excluding carboxylic acids is 1. The first-order chi connectivity index (χ1) is 10.9. The van der Waals surface area contributed by atoms with Crippen LogP contribution in [0.3, 0.4) is 0 Å². The van der Waals surface area contributed by atoms with Gasteiger partial charge in [0.25, 0.3) is 0 Å². The van der Waals surface area contributed by atoms with E-state index in [1.165, 1.54) is 18.2 Å². The van der Waals surface area contributed by atoms with Crippen molar-refractivity contribution in [3.63, 3.8) is 0 Å². The number of para-hydroxylation sites is 2. The van der Waals surface area contributed by atoms with Crippen LogP contribution in [0.15, 0.2) is 54.6 Å². The molecule has 0 atom stereocenters. The van der Waals surface area contributed by atoms with E-state index in [1.807, 2.05) is 0 Å². The number of carbonyl (C=O) groups is 1. The van der Waals surface area contributed by atoms with Crippen molar-refractivity contribution in [3.05, 3.63) is 60.2 Å². The van der Waals surface area contributed by atoms with Gasteiger partial charge in [0.15, 0.2) is 5.88 Å². The lowest BCUT2D eigenvalue weighted by Crippen LogP contribution is -2.21. The van der Waals surface area contributed by atoms with Gasteiger partial charge in [0.2, 0.25) is 0 Å². The number of rotatable bonds is 1. The molecule has 0 aliphatic carbocycles. The third-order valence-corrected chi connectivity index (χ3v) is 3.37. The van der Waals surface area contributed by atoms with E-state index < -0.39 is 17.8 Å². The molecule has 118 valence electrons. The van der Waals surface area contributed by atoms with Gasteiger partial charge >= 0.3 is 12.2 Å². The summed E-state index contributed by atoms with van der Waals surface area (Å²) in [5, 5.41) is 12.7. The molecule has 1 amide bonds. The first-order valence-corrected chi connectivity index (χ1v) is 6.65. The number of benzene rings is 2. The van der Waals surface area contributed by atoms with Crippen molar-refractivity contribution in [1.82, 2.24) is 4.57 Å². The lowest BCUT2D eigenvalue weighted by atomic mass is 10.1. The number of alkyl halides is 3. The van der Waals surface area contributed by atoms with Crippen molar-refractivity contribution in [3.8, 4) is 5.88 Å². The van der Waals surface area contributed by atoms with Crippen LogP contribution in [0.1, 0.15) is 5.56 Å². The Morgan fingerprint density at radius 3 is 2.43 bits per heavy atom. The van der Waals surface area contributed by atoms with Crippen LogP contribution in [0.25, 0.3) is 10.9 Å². The topological polar surface area (TPSA) is 54.3 Å². The van der Waals surface area contributed by atoms with E-state index in [4.69, 9.17) is 0 Å². The third kappa shape index (κ3) is 2.73. The summed E-state index contributed by atoms with van der Waals surface area (Å²) in [6.45, 7) is 0. The van der Waals surface area contributed by atoms with Crippen molar-refractivity contribution in [2.75, 3.05) is 5.32 Å². The standard InChI is InChI=1S/C16H11F3N2O2/c17-16(18,19)11-6-2-3-7-12(11)20-15(23)21-13-8-4-1-5-10(13)9-14(21)22/h1-9,22H,(H,20,23). The molecule has 0 radical (unpaired) electrons. The van der Waals surface area contributed by atoms with Crippen molar-refractivity contribution >= 4 is 22.6 Å². The van der Waals surface area contributed by atoms with Crippen LogP contribution < -0.4 is 5.32 Å². The highest BCUT2D eigenvalue weighted by Gasteiger charge is 2.33. The maximum absolute atomic E-state index is 13.0. The molecule has 0 aliphatic rings. The number of amides is 1. The summed E-state index contributed by atoms with van der Waals surface area (Å²) in [7, 11) is 0. The van der Waals surface area contributed by atoms with Gasteiger partial charge in [-0.2, -0.15) is 13.2 Å². The molecule has 0 fully saturated rings.